The predicted molar refractivity (Wildman–Crippen MR) is 85.4 cm³/mol. The molecule has 2 heteroatoms. The van der Waals surface area contributed by atoms with Crippen molar-refractivity contribution in [3.05, 3.63) is 29.8 Å². The van der Waals surface area contributed by atoms with E-state index in [9.17, 15) is 0 Å². The van der Waals surface area contributed by atoms with E-state index in [1.165, 1.54) is 31.2 Å². The Morgan fingerprint density at radius 3 is 2.80 bits per heavy atom. The third-order valence-corrected chi connectivity index (χ3v) is 4.74. The van der Waals surface area contributed by atoms with Crippen molar-refractivity contribution in [3.63, 3.8) is 0 Å². The average Bonchev–Trinajstić information content (AvgIpc) is 2.48. The number of nitrogens with one attached hydrogen (secondary N) is 1. The fourth-order valence-electron chi connectivity index (χ4n) is 3.61. The van der Waals surface area contributed by atoms with Gasteiger partial charge in [0.25, 0.3) is 0 Å². The summed E-state index contributed by atoms with van der Waals surface area (Å²) in [5, 5.41) is 3.38. The number of rotatable bonds is 6. The van der Waals surface area contributed by atoms with Gasteiger partial charge in [-0.2, -0.15) is 0 Å². The monoisotopic (exact) mass is 275 g/mol. The van der Waals surface area contributed by atoms with E-state index in [-0.39, 0.29) is 0 Å². The van der Waals surface area contributed by atoms with Crippen molar-refractivity contribution < 1.29 is 4.74 Å². The number of ether oxygens (including phenoxy) is 1. The molecule has 0 aromatic heterocycles. The Kier molecular flexibility index (Phi) is 5.90. The minimum atomic E-state index is 0.682. The van der Waals surface area contributed by atoms with Crippen LogP contribution in [0.3, 0.4) is 0 Å². The number of hydrogen-bond donors (Lipinski definition) is 1. The summed E-state index contributed by atoms with van der Waals surface area (Å²) in [5.41, 5.74) is 1.47. The highest BCUT2D eigenvalue weighted by atomic mass is 16.5. The van der Waals surface area contributed by atoms with E-state index in [1.807, 2.05) is 6.92 Å². The quantitative estimate of drug-likeness (QED) is 0.839. The molecule has 0 aliphatic heterocycles. The predicted octanol–water partition coefficient (Wildman–Crippen LogP) is 4.21. The zero-order valence-electron chi connectivity index (χ0n) is 13.2. The van der Waals surface area contributed by atoms with E-state index in [0.717, 1.165) is 30.7 Å². The van der Waals surface area contributed by atoms with Crippen molar-refractivity contribution in [1.29, 1.82) is 0 Å². The van der Waals surface area contributed by atoms with E-state index in [2.05, 4.69) is 43.6 Å². The first-order chi connectivity index (χ1) is 9.78. The van der Waals surface area contributed by atoms with Crippen LogP contribution in [0.4, 0.5) is 0 Å². The molecule has 0 spiro atoms. The topological polar surface area (TPSA) is 21.3 Å². The van der Waals surface area contributed by atoms with Gasteiger partial charge in [-0.25, -0.2) is 0 Å². The Morgan fingerprint density at radius 2 is 2.10 bits per heavy atom. The number of hydrogen-bond acceptors (Lipinski definition) is 2. The van der Waals surface area contributed by atoms with Crippen molar-refractivity contribution in [1.82, 2.24) is 5.32 Å². The molecule has 1 fully saturated rings. The maximum Gasteiger partial charge on any atom is 0.119 e. The summed E-state index contributed by atoms with van der Waals surface area (Å²) in [6, 6.07) is 8.76. The van der Waals surface area contributed by atoms with E-state index < -0.39 is 0 Å². The molecule has 0 saturated heterocycles. The standard InChI is InChI=1S/C18H29NO/c1-4-14-9-10-16(13-19-3)18(11-14)15-7-6-8-17(12-15)20-5-2/h6-8,12,14,16,18-19H,4-5,9-11,13H2,1-3H3. The first-order valence-corrected chi connectivity index (χ1v) is 8.15. The zero-order valence-corrected chi connectivity index (χ0v) is 13.2. The summed E-state index contributed by atoms with van der Waals surface area (Å²) in [7, 11) is 2.07. The van der Waals surface area contributed by atoms with Crippen LogP contribution in [0.1, 0.15) is 51.0 Å². The van der Waals surface area contributed by atoms with Gasteiger partial charge in [-0.05, 0) is 68.8 Å². The van der Waals surface area contributed by atoms with Crippen LogP contribution in [0.2, 0.25) is 0 Å². The van der Waals surface area contributed by atoms with Crippen LogP contribution in [-0.2, 0) is 0 Å². The summed E-state index contributed by atoms with van der Waals surface area (Å²) in [6.07, 6.45) is 5.39. The largest absolute Gasteiger partial charge is 0.494 e. The molecule has 1 aromatic carbocycles. The summed E-state index contributed by atoms with van der Waals surface area (Å²) in [5.74, 6) is 3.36. The summed E-state index contributed by atoms with van der Waals surface area (Å²) in [4.78, 5) is 0. The SMILES string of the molecule is CCOc1cccc(C2CC(CC)CCC2CNC)c1. The van der Waals surface area contributed by atoms with Gasteiger partial charge in [0, 0.05) is 0 Å². The van der Waals surface area contributed by atoms with Gasteiger partial charge >= 0.3 is 0 Å². The van der Waals surface area contributed by atoms with Crippen molar-refractivity contribution in [2.75, 3.05) is 20.2 Å². The lowest BCUT2D eigenvalue weighted by Crippen LogP contribution is -2.30. The zero-order chi connectivity index (χ0) is 14.4. The Balaban J connectivity index is 2.18. The molecule has 3 unspecified atom stereocenters. The second-order valence-electron chi connectivity index (χ2n) is 6.02. The molecule has 0 bridgehead atoms. The molecular weight excluding hydrogens is 246 g/mol. The van der Waals surface area contributed by atoms with Crippen molar-refractivity contribution in [3.8, 4) is 5.75 Å². The third-order valence-electron chi connectivity index (χ3n) is 4.74. The van der Waals surface area contributed by atoms with Gasteiger partial charge < -0.3 is 10.1 Å². The van der Waals surface area contributed by atoms with Crippen LogP contribution in [0.15, 0.2) is 24.3 Å². The van der Waals surface area contributed by atoms with Crippen molar-refractivity contribution in [2.45, 2.75) is 45.4 Å². The summed E-state index contributed by atoms with van der Waals surface area (Å²) in [6.45, 7) is 6.24. The highest BCUT2D eigenvalue weighted by molar-refractivity contribution is 5.31. The van der Waals surface area contributed by atoms with E-state index in [4.69, 9.17) is 4.74 Å². The average molecular weight is 275 g/mol. The maximum absolute atomic E-state index is 5.67. The molecule has 20 heavy (non-hydrogen) atoms. The minimum Gasteiger partial charge on any atom is -0.494 e. The van der Waals surface area contributed by atoms with E-state index >= 15 is 0 Å². The molecule has 1 aliphatic carbocycles. The molecule has 3 atom stereocenters. The van der Waals surface area contributed by atoms with Crippen LogP contribution in [0, 0.1) is 11.8 Å². The highest BCUT2D eigenvalue weighted by Gasteiger charge is 2.30. The lowest BCUT2D eigenvalue weighted by molar-refractivity contribution is 0.228. The molecular formula is C18H29NO. The van der Waals surface area contributed by atoms with Gasteiger partial charge in [-0.3, -0.25) is 0 Å². The highest BCUT2D eigenvalue weighted by Crippen LogP contribution is 2.42. The van der Waals surface area contributed by atoms with E-state index in [1.54, 1.807) is 0 Å². The van der Waals surface area contributed by atoms with Crippen molar-refractivity contribution >= 4 is 0 Å². The van der Waals surface area contributed by atoms with Gasteiger partial charge in [-0.1, -0.05) is 31.9 Å². The Labute approximate surface area is 123 Å². The summed E-state index contributed by atoms with van der Waals surface area (Å²) < 4.78 is 5.67. The molecule has 0 amide bonds. The fourth-order valence-corrected chi connectivity index (χ4v) is 3.61. The lowest BCUT2D eigenvalue weighted by atomic mass is 9.70. The molecule has 1 saturated carbocycles. The number of benzene rings is 1. The van der Waals surface area contributed by atoms with Gasteiger partial charge in [0.15, 0.2) is 0 Å². The van der Waals surface area contributed by atoms with Crippen LogP contribution >= 0.6 is 0 Å². The smallest absolute Gasteiger partial charge is 0.119 e. The Morgan fingerprint density at radius 1 is 1.25 bits per heavy atom. The third kappa shape index (κ3) is 3.76. The van der Waals surface area contributed by atoms with Gasteiger partial charge in [0.05, 0.1) is 6.61 Å². The first-order valence-electron chi connectivity index (χ1n) is 8.15. The fraction of sp³-hybridized carbons (Fsp3) is 0.667. The van der Waals surface area contributed by atoms with Crippen molar-refractivity contribution in [2.24, 2.45) is 11.8 Å². The van der Waals surface area contributed by atoms with Gasteiger partial charge in [0.2, 0.25) is 0 Å². The first kappa shape index (κ1) is 15.4. The second kappa shape index (κ2) is 7.68. The molecule has 2 nitrogen and oxygen atoms in total. The lowest BCUT2D eigenvalue weighted by Gasteiger charge is -2.36. The van der Waals surface area contributed by atoms with Gasteiger partial charge in [0.1, 0.15) is 5.75 Å². The Bertz CT molecular complexity index is 404. The maximum atomic E-state index is 5.67. The minimum absolute atomic E-state index is 0.682. The molecule has 1 N–H and O–H groups in total. The van der Waals surface area contributed by atoms with Crippen LogP contribution in [0.5, 0.6) is 5.75 Å². The molecule has 112 valence electrons. The molecule has 1 aromatic rings. The molecule has 2 rings (SSSR count). The Hall–Kier alpha value is -1.02. The summed E-state index contributed by atoms with van der Waals surface area (Å²) >= 11 is 0. The normalized spacial score (nSPS) is 26.4. The van der Waals surface area contributed by atoms with Crippen LogP contribution in [0.25, 0.3) is 0 Å². The molecule has 0 radical (unpaired) electrons. The molecule has 0 heterocycles. The van der Waals surface area contributed by atoms with E-state index in [0.29, 0.717) is 5.92 Å². The molecule has 1 aliphatic rings. The van der Waals surface area contributed by atoms with Gasteiger partial charge in [-0.15, -0.1) is 0 Å². The second-order valence-corrected chi connectivity index (χ2v) is 6.02. The van der Waals surface area contributed by atoms with Crippen LogP contribution in [-0.4, -0.2) is 20.2 Å². The van der Waals surface area contributed by atoms with Crippen LogP contribution < -0.4 is 10.1 Å².